The van der Waals surface area contributed by atoms with Crippen LogP contribution in [0.4, 0.5) is 0 Å². The summed E-state index contributed by atoms with van der Waals surface area (Å²) in [5.41, 5.74) is 1.05. The Balaban J connectivity index is 2.54. The lowest BCUT2D eigenvalue weighted by Crippen LogP contribution is -2.29. The van der Waals surface area contributed by atoms with Crippen molar-refractivity contribution in [3.63, 3.8) is 0 Å². The fourth-order valence-corrected chi connectivity index (χ4v) is 1.88. The number of rotatable bonds is 5. The summed E-state index contributed by atoms with van der Waals surface area (Å²) in [6.45, 7) is 2.98. The summed E-state index contributed by atoms with van der Waals surface area (Å²) < 4.78 is 1.01. The highest BCUT2D eigenvalue weighted by molar-refractivity contribution is 9.10. The molecule has 0 heterocycles. The van der Waals surface area contributed by atoms with Gasteiger partial charge in [0, 0.05) is 18.1 Å². The fraction of sp³-hybridized carbons (Fsp3) is 0.462. The lowest BCUT2D eigenvalue weighted by atomic mass is 10.1. The van der Waals surface area contributed by atoms with E-state index in [0.29, 0.717) is 6.42 Å². The number of hydrogen-bond donors (Lipinski definition) is 0. The summed E-state index contributed by atoms with van der Waals surface area (Å²) in [4.78, 5) is 13.7. The number of likely N-dealkylation sites (N-methyl/N-ethyl adjacent to an activating group) is 1. The third-order valence-electron chi connectivity index (χ3n) is 2.57. The maximum absolute atomic E-state index is 11.9. The summed E-state index contributed by atoms with van der Waals surface area (Å²) in [7, 11) is 1.87. The number of benzene rings is 1. The molecular formula is C13H18BrNO. The van der Waals surface area contributed by atoms with E-state index < -0.39 is 0 Å². The van der Waals surface area contributed by atoms with Gasteiger partial charge >= 0.3 is 0 Å². The number of hydrogen-bond acceptors (Lipinski definition) is 1. The summed E-state index contributed by atoms with van der Waals surface area (Å²) >= 11 is 3.46. The van der Waals surface area contributed by atoms with Crippen molar-refractivity contribution >= 4 is 21.8 Å². The molecule has 16 heavy (non-hydrogen) atoms. The van der Waals surface area contributed by atoms with Crippen LogP contribution in [0.1, 0.15) is 25.3 Å². The molecule has 0 bridgehead atoms. The summed E-state index contributed by atoms with van der Waals surface area (Å²) in [6.07, 6.45) is 2.66. The Morgan fingerprint density at radius 2 is 2.06 bits per heavy atom. The molecule has 1 rings (SSSR count). The first kappa shape index (κ1) is 13.2. The van der Waals surface area contributed by atoms with Crippen LogP contribution >= 0.6 is 15.9 Å². The van der Waals surface area contributed by atoms with Gasteiger partial charge in [-0.25, -0.2) is 0 Å². The second-order valence-corrected chi connectivity index (χ2v) is 4.79. The van der Waals surface area contributed by atoms with Gasteiger partial charge in [-0.05, 0) is 18.1 Å². The topological polar surface area (TPSA) is 20.3 Å². The highest BCUT2D eigenvalue weighted by atomic mass is 79.9. The fourth-order valence-electron chi connectivity index (χ4n) is 1.46. The number of halogens is 1. The van der Waals surface area contributed by atoms with Crippen molar-refractivity contribution < 1.29 is 4.79 Å². The Kier molecular flexibility index (Phi) is 5.53. The van der Waals surface area contributed by atoms with Crippen molar-refractivity contribution in [3.05, 3.63) is 34.3 Å². The van der Waals surface area contributed by atoms with Crippen molar-refractivity contribution in [3.8, 4) is 0 Å². The largest absolute Gasteiger partial charge is 0.345 e. The van der Waals surface area contributed by atoms with Crippen LogP contribution in [0.5, 0.6) is 0 Å². The van der Waals surface area contributed by atoms with Gasteiger partial charge in [-0.2, -0.15) is 0 Å². The Morgan fingerprint density at radius 1 is 1.38 bits per heavy atom. The predicted molar refractivity (Wildman–Crippen MR) is 70.4 cm³/mol. The molecule has 0 unspecified atom stereocenters. The minimum absolute atomic E-state index is 0.181. The van der Waals surface area contributed by atoms with Crippen LogP contribution in [0.25, 0.3) is 0 Å². The van der Waals surface area contributed by atoms with Crippen molar-refractivity contribution in [1.82, 2.24) is 4.90 Å². The van der Waals surface area contributed by atoms with E-state index in [2.05, 4.69) is 22.9 Å². The lowest BCUT2D eigenvalue weighted by molar-refractivity contribution is -0.129. The van der Waals surface area contributed by atoms with Gasteiger partial charge < -0.3 is 4.90 Å². The van der Waals surface area contributed by atoms with E-state index in [1.54, 1.807) is 0 Å². The number of carbonyl (C=O) groups excluding carboxylic acids is 1. The molecule has 0 aliphatic heterocycles. The first-order chi connectivity index (χ1) is 7.65. The van der Waals surface area contributed by atoms with Gasteiger partial charge in [-0.1, -0.05) is 47.5 Å². The first-order valence-corrected chi connectivity index (χ1v) is 6.41. The summed E-state index contributed by atoms with van der Waals surface area (Å²) in [5, 5.41) is 0. The van der Waals surface area contributed by atoms with Gasteiger partial charge in [0.05, 0.1) is 6.42 Å². The standard InChI is InChI=1S/C13H18BrNO/c1-3-4-9-15(2)13(16)10-11-7-5-6-8-12(11)14/h5-8H,3-4,9-10H2,1-2H3. The Morgan fingerprint density at radius 3 is 2.69 bits per heavy atom. The molecule has 0 saturated heterocycles. The molecule has 0 atom stereocenters. The smallest absolute Gasteiger partial charge is 0.226 e. The first-order valence-electron chi connectivity index (χ1n) is 5.62. The second-order valence-electron chi connectivity index (χ2n) is 3.94. The minimum atomic E-state index is 0.181. The van der Waals surface area contributed by atoms with Crippen LogP contribution < -0.4 is 0 Å². The van der Waals surface area contributed by atoms with Gasteiger partial charge in [-0.15, -0.1) is 0 Å². The maximum Gasteiger partial charge on any atom is 0.226 e. The zero-order valence-corrected chi connectivity index (χ0v) is 11.5. The molecule has 3 heteroatoms. The average molecular weight is 284 g/mol. The van der Waals surface area contributed by atoms with Gasteiger partial charge in [0.2, 0.25) is 5.91 Å². The lowest BCUT2D eigenvalue weighted by Gasteiger charge is -2.17. The minimum Gasteiger partial charge on any atom is -0.345 e. The Labute approximate surface area is 106 Å². The highest BCUT2D eigenvalue weighted by Crippen LogP contribution is 2.16. The van der Waals surface area contributed by atoms with Gasteiger partial charge in [0.1, 0.15) is 0 Å². The molecule has 0 saturated carbocycles. The van der Waals surface area contributed by atoms with Crippen molar-refractivity contribution in [2.75, 3.05) is 13.6 Å². The second kappa shape index (κ2) is 6.69. The van der Waals surface area contributed by atoms with Gasteiger partial charge in [0.15, 0.2) is 0 Å². The maximum atomic E-state index is 11.9. The summed E-state index contributed by atoms with van der Waals surface area (Å²) in [5.74, 6) is 0.181. The quantitative estimate of drug-likeness (QED) is 0.812. The molecule has 2 nitrogen and oxygen atoms in total. The van der Waals surface area contributed by atoms with E-state index in [9.17, 15) is 4.79 Å². The van der Waals surface area contributed by atoms with Crippen LogP contribution in [-0.2, 0) is 11.2 Å². The van der Waals surface area contributed by atoms with Gasteiger partial charge in [0.25, 0.3) is 0 Å². The van der Waals surface area contributed by atoms with Crippen LogP contribution in [0, 0.1) is 0 Å². The SMILES string of the molecule is CCCCN(C)C(=O)Cc1ccccc1Br. The average Bonchev–Trinajstić information content (AvgIpc) is 2.28. The predicted octanol–water partition coefficient (Wildman–Crippen LogP) is 3.25. The van der Waals surface area contributed by atoms with Crippen LogP contribution in [0.2, 0.25) is 0 Å². The number of amides is 1. The van der Waals surface area contributed by atoms with Crippen LogP contribution in [0.3, 0.4) is 0 Å². The van der Waals surface area contributed by atoms with Crippen molar-refractivity contribution in [2.24, 2.45) is 0 Å². The molecule has 0 aromatic heterocycles. The molecule has 0 fully saturated rings. The molecule has 0 aliphatic carbocycles. The molecule has 1 aromatic rings. The monoisotopic (exact) mass is 283 g/mol. The Bertz CT molecular complexity index is 352. The normalized spacial score (nSPS) is 10.2. The highest BCUT2D eigenvalue weighted by Gasteiger charge is 2.10. The van der Waals surface area contributed by atoms with Crippen molar-refractivity contribution in [1.29, 1.82) is 0 Å². The van der Waals surface area contributed by atoms with E-state index in [-0.39, 0.29) is 5.91 Å². The molecule has 0 aliphatic rings. The van der Waals surface area contributed by atoms with E-state index in [1.165, 1.54) is 0 Å². The molecule has 0 N–H and O–H groups in total. The Hall–Kier alpha value is -0.830. The third-order valence-corrected chi connectivity index (χ3v) is 3.35. The van der Waals surface area contributed by atoms with Gasteiger partial charge in [-0.3, -0.25) is 4.79 Å². The van der Waals surface area contributed by atoms with Crippen LogP contribution in [0.15, 0.2) is 28.7 Å². The molecule has 1 aromatic carbocycles. The molecule has 88 valence electrons. The van der Waals surface area contributed by atoms with Crippen LogP contribution in [-0.4, -0.2) is 24.4 Å². The van der Waals surface area contributed by atoms with E-state index in [1.807, 2.05) is 36.2 Å². The number of unbranched alkanes of at least 4 members (excludes halogenated alkanes) is 1. The molecule has 1 amide bonds. The zero-order chi connectivity index (χ0) is 12.0. The van der Waals surface area contributed by atoms with E-state index in [0.717, 1.165) is 29.4 Å². The molecule has 0 radical (unpaired) electrons. The zero-order valence-electron chi connectivity index (χ0n) is 9.87. The third kappa shape index (κ3) is 3.97. The molecular weight excluding hydrogens is 266 g/mol. The van der Waals surface area contributed by atoms with E-state index >= 15 is 0 Å². The van der Waals surface area contributed by atoms with Crippen molar-refractivity contribution in [2.45, 2.75) is 26.2 Å². The summed E-state index contributed by atoms with van der Waals surface area (Å²) in [6, 6.07) is 7.86. The number of carbonyl (C=O) groups is 1. The number of nitrogens with zero attached hydrogens (tertiary/aromatic N) is 1. The molecule has 0 spiro atoms. The van der Waals surface area contributed by atoms with E-state index in [4.69, 9.17) is 0 Å².